The van der Waals surface area contributed by atoms with E-state index in [2.05, 4.69) is 10.1 Å². The number of carbonyl (C=O) groups excluding carboxylic acids is 1. The first-order valence-electron chi connectivity index (χ1n) is 13.9. The minimum absolute atomic E-state index is 0.0682. The number of hydrogen-bond acceptors (Lipinski definition) is 6. The summed E-state index contributed by atoms with van der Waals surface area (Å²) in [5.74, 6) is -0.562. The Morgan fingerprint density at radius 1 is 1.02 bits per heavy atom. The number of ether oxygens (including phenoxy) is 1. The highest BCUT2D eigenvalue weighted by Crippen LogP contribution is 2.44. The van der Waals surface area contributed by atoms with Gasteiger partial charge in [0.25, 0.3) is 0 Å². The summed E-state index contributed by atoms with van der Waals surface area (Å²) in [6.45, 7) is 9.42. The first-order chi connectivity index (χ1) is 20.4. The van der Waals surface area contributed by atoms with Gasteiger partial charge in [0.05, 0.1) is 32.4 Å². The summed E-state index contributed by atoms with van der Waals surface area (Å²) in [6.07, 6.45) is 1.00. The molecule has 0 fully saturated rings. The Bertz CT molecular complexity index is 2030. The average Bonchev–Trinajstić information content (AvgIpc) is 3.51. The van der Waals surface area contributed by atoms with Crippen LogP contribution in [0, 0.1) is 12.9 Å². The van der Waals surface area contributed by atoms with Crippen LogP contribution in [0.4, 0.5) is 4.39 Å². The summed E-state index contributed by atoms with van der Waals surface area (Å²) < 4.78 is 23.0. The monoisotopic (exact) mass is 612 g/mol. The van der Waals surface area contributed by atoms with Gasteiger partial charge in [-0.3, -0.25) is 14.5 Å². The minimum Gasteiger partial charge on any atom is -0.360 e. The predicted molar refractivity (Wildman–Crippen MR) is 172 cm³/mol. The van der Waals surface area contributed by atoms with Gasteiger partial charge in [-0.15, -0.1) is 16.4 Å². The second-order valence-corrected chi connectivity index (χ2v) is 13.1. The van der Waals surface area contributed by atoms with E-state index < -0.39 is 17.7 Å². The molecule has 218 valence electrons. The van der Waals surface area contributed by atoms with E-state index in [0.29, 0.717) is 15.9 Å². The molecule has 9 heteroatoms. The van der Waals surface area contributed by atoms with Crippen molar-refractivity contribution < 1.29 is 13.9 Å². The molecule has 0 unspecified atom stereocenters. The van der Waals surface area contributed by atoms with E-state index in [9.17, 15) is 9.18 Å². The lowest BCUT2D eigenvalue weighted by Crippen LogP contribution is -2.27. The van der Waals surface area contributed by atoms with E-state index >= 15 is 0 Å². The van der Waals surface area contributed by atoms with Crippen molar-refractivity contribution in [3.05, 3.63) is 89.0 Å². The lowest BCUT2D eigenvalue weighted by atomic mass is 9.90. The van der Waals surface area contributed by atoms with Gasteiger partial charge in [0.2, 0.25) is 5.95 Å². The third kappa shape index (κ3) is 5.58. The number of benzene rings is 3. The molecule has 0 amide bonds. The summed E-state index contributed by atoms with van der Waals surface area (Å²) in [4.78, 5) is 22.7. The molecule has 43 heavy (non-hydrogen) atoms. The molecule has 0 saturated heterocycles. The van der Waals surface area contributed by atoms with Crippen molar-refractivity contribution in [1.29, 1.82) is 0 Å². The normalized spacial score (nSPS) is 12.7. The van der Waals surface area contributed by atoms with E-state index in [1.807, 2.05) is 82.3 Å². The molecule has 0 bridgehead atoms. The maximum atomic E-state index is 14.1. The molecule has 6 nitrogen and oxygen atoms in total. The Kier molecular flexibility index (Phi) is 7.40. The highest BCUT2D eigenvalue weighted by Gasteiger charge is 2.30. The highest BCUT2D eigenvalue weighted by atomic mass is 35.5. The number of rotatable bonds is 6. The maximum Gasteiger partial charge on any atom is 0.240 e. The van der Waals surface area contributed by atoms with Crippen LogP contribution < -0.4 is 0 Å². The molecule has 0 aliphatic carbocycles. The Hall–Kier alpha value is -3.98. The maximum absolute atomic E-state index is 14.1. The lowest BCUT2D eigenvalue weighted by molar-refractivity contribution is -0.138. The first-order valence-corrected chi connectivity index (χ1v) is 15.1. The minimum atomic E-state index is -0.750. The van der Waals surface area contributed by atoms with Crippen molar-refractivity contribution in [3.8, 4) is 33.0 Å². The molecular weight excluding hydrogens is 583 g/mol. The number of aryl methyl sites for hydroxylation is 2. The van der Waals surface area contributed by atoms with Gasteiger partial charge in [0.1, 0.15) is 11.1 Å². The summed E-state index contributed by atoms with van der Waals surface area (Å²) in [5, 5.41) is 5.80. The number of halogens is 2. The van der Waals surface area contributed by atoms with Crippen LogP contribution in [0.25, 0.3) is 54.1 Å². The highest BCUT2D eigenvalue weighted by molar-refractivity contribution is 7.22. The molecule has 1 atom stereocenters. The number of Topliss-reactive ketones (excluding diaryl/α,β-unsaturated/α-hetero) is 1. The fourth-order valence-corrected chi connectivity index (χ4v) is 6.62. The summed E-state index contributed by atoms with van der Waals surface area (Å²) >= 11 is 7.82. The van der Waals surface area contributed by atoms with Gasteiger partial charge in [-0.1, -0.05) is 29.8 Å². The number of hydrogen-bond donors (Lipinski definition) is 0. The smallest absolute Gasteiger partial charge is 0.240 e. The average molecular weight is 613 g/mol. The van der Waals surface area contributed by atoms with Gasteiger partial charge in [0, 0.05) is 40.5 Å². The first kappa shape index (κ1) is 29.1. The quantitative estimate of drug-likeness (QED) is 0.188. The number of aromatic nitrogens is 4. The van der Waals surface area contributed by atoms with Crippen molar-refractivity contribution in [3.63, 3.8) is 0 Å². The molecule has 0 aliphatic heterocycles. The number of nitrogens with zero attached hydrogens (tertiary/aromatic N) is 4. The van der Waals surface area contributed by atoms with Crippen molar-refractivity contribution >= 4 is 49.8 Å². The fourth-order valence-electron chi connectivity index (χ4n) is 5.37. The van der Waals surface area contributed by atoms with Crippen LogP contribution in [0.1, 0.15) is 44.9 Å². The van der Waals surface area contributed by atoms with E-state index in [0.717, 1.165) is 54.3 Å². The molecule has 6 rings (SSSR count). The Morgan fingerprint density at radius 3 is 2.44 bits per heavy atom. The van der Waals surface area contributed by atoms with Crippen molar-refractivity contribution in [2.24, 2.45) is 7.05 Å². The molecular formula is C34H30ClFN4O2S. The summed E-state index contributed by atoms with van der Waals surface area (Å²) in [7, 11) is 1.72. The van der Waals surface area contributed by atoms with Crippen molar-refractivity contribution in [2.75, 3.05) is 0 Å². The van der Waals surface area contributed by atoms with Gasteiger partial charge in [-0.05, 0) is 88.2 Å². The lowest BCUT2D eigenvalue weighted by Gasteiger charge is -2.29. The van der Waals surface area contributed by atoms with E-state index in [4.69, 9.17) is 21.3 Å². The molecule has 6 aromatic rings. The van der Waals surface area contributed by atoms with E-state index in [-0.39, 0.29) is 5.78 Å². The summed E-state index contributed by atoms with van der Waals surface area (Å²) in [6, 6.07) is 19.1. The zero-order valence-corrected chi connectivity index (χ0v) is 26.3. The number of fused-ring (bicyclic) bond motifs is 2. The zero-order valence-electron chi connectivity index (χ0n) is 24.7. The second kappa shape index (κ2) is 10.9. The van der Waals surface area contributed by atoms with Gasteiger partial charge in [-0.25, -0.2) is 4.98 Å². The molecule has 3 aromatic heterocycles. The summed E-state index contributed by atoms with van der Waals surface area (Å²) in [5.41, 5.74) is 7.07. The van der Waals surface area contributed by atoms with Crippen molar-refractivity contribution in [2.45, 2.75) is 46.3 Å². The SMILES string of the molecule is CC(=O)[C@@H](OC(C)(C)C)c1c(C)cc2nc(-c3ccnc(-c4ccc5c(F)nn(C)c5c4)c3)sc2c1-c1ccc(Cl)cc1. The van der Waals surface area contributed by atoms with Crippen LogP contribution in [0.5, 0.6) is 0 Å². The molecule has 0 saturated carbocycles. The molecule has 0 spiro atoms. The Morgan fingerprint density at radius 2 is 1.74 bits per heavy atom. The van der Waals surface area contributed by atoms with Gasteiger partial charge in [-0.2, -0.15) is 4.39 Å². The number of ketones is 1. The fraction of sp³-hybridized carbons (Fsp3) is 0.235. The number of carbonyl (C=O) groups is 1. The molecule has 3 heterocycles. The van der Waals surface area contributed by atoms with Gasteiger partial charge < -0.3 is 4.74 Å². The molecule has 0 radical (unpaired) electrons. The molecule has 0 aliphatic rings. The van der Waals surface area contributed by atoms with Crippen LogP contribution in [-0.4, -0.2) is 31.1 Å². The van der Waals surface area contributed by atoms with Crippen LogP contribution in [0.2, 0.25) is 5.02 Å². The molecule has 3 aromatic carbocycles. The van der Waals surface area contributed by atoms with Crippen LogP contribution in [0.3, 0.4) is 0 Å². The van der Waals surface area contributed by atoms with E-state index in [1.165, 1.54) is 4.68 Å². The topological polar surface area (TPSA) is 69.9 Å². The van der Waals surface area contributed by atoms with Crippen LogP contribution >= 0.6 is 22.9 Å². The van der Waals surface area contributed by atoms with Crippen LogP contribution in [-0.2, 0) is 16.6 Å². The number of pyridine rings is 1. The van der Waals surface area contributed by atoms with Gasteiger partial charge in [0.15, 0.2) is 5.78 Å². The van der Waals surface area contributed by atoms with Crippen LogP contribution in [0.15, 0.2) is 66.9 Å². The second-order valence-electron chi connectivity index (χ2n) is 11.7. The zero-order chi connectivity index (χ0) is 30.6. The molecule has 0 N–H and O–H groups in total. The van der Waals surface area contributed by atoms with Gasteiger partial charge >= 0.3 is 0 Å². The third-order valence-corrected chi connectivity index (χ3v) is 8.66. The van der Waals surface area contributed by atoms with E-state index in [1.54, 1.807) is 37.6 Å². The van der Waals surface area contributed by atoms with Crippen molar-refractivity contribution in [1.82, 2.24) is 19.7 Å². The largest absolute Gasteiger partial charge is 0.360 e. The third-order valence-electron chi connectivity index (χ3n) is 7.27. The standard InChI is InChI=1S/C34H30ClFN4O2S/c1-18-15-26-31(29(20-7-10-23(35)11-8-20)28(18)30(19(2)41)42-34(3,4)5)43-33(38-26)22-13-14-37-25(16-22)21-9-12-24-27(17-21)40(6)39-32(24)36/h7-17,30H,1-6H3/t30-/m1/s1. The Balaban J connectivity index is 1.53. The number of thiazole rings is 1. The predicted octanol–water partition coefficient (Wildman–Crippen LogP) is 9.13. The Labute approximate surface area is 258 Å².